The van der Waals surface area contributed by atoms with Crippen molar-refractivity contribution in [1.29, 1.82) is 0 Å². The molecule has 0 aliphatic carbocycles. The standard InChI is InChI=1S/C15H23F2O2Si/c1-3-9-18-20(19-10-4-2)11-5-6-13-7-8-14(16)12-15(13)17/h7-8,12H,3-6,9-11H2,1-2H3. The third kappa shape index (κ3) is 6.59. The number of halogens is 2. The molecule has 0 aliphatic heterocycles. The van der Waals surface area contributed by atoms with Crippen LogP contribution in [0.3, 0.4) is 0 Å². The lowest BCUT2D eigenvalue weighted by molar-refractivity contribution is 0.196. The lowest BCUT2D eigenvalue weighted by Crippen LogP contribution is -2.24. The molecule has 1 aromatic carbocycles. The minimum atomic E-state index is -1.26. The van der Waals surface area contributed by atoms with Crippen LogP contribution in [-0.4, -0.2) is 22.5 Å². The number of hydrogen-bond acceptors (Lipinski definition) is 2. The van der Waals surface area contributed by atoms with E-state index >= 15 is 0 Å². The third-order valence-electron chi connectivity index (χ3n) is 2.78. The zero-order valence-corrected chi connectivity index (χ0v) is 13.3. The van der Waals surface area contributed by atoms with Crippen LogP contribution >= 0.6 is 0 Å². The molecule has 0 spiro atoms. The van der Waals surface area contributed by atoms with Gasteiger partial charge in [-0.15, -0.1) is 0 Å². The van der Waals surface area contributed by atoms with Crippen molar-refractivity contribution in [2.24, 2.45) is 0 Å². The van der Waals surface area contributed by atoms with E-state index in [1.54, 1.807) is 0 Å². The van der Waals surface area contributed by atoms with Gasteiger partial charge < -0.3 is 8.85 Å². The van der Waals surface area contributed by atoms with Gasteiger partial charge in [0.05, 0.1) is 0 Å². The fourth-order valence-corrected chi connectivity index (χ4v) is 3.47. The fourth-order valence-electron chi connectivity index (χ4n) is 1.77. The topological polar surface area (TPSA) is 18.5 Å². The van der Waals surface area contributed by atoms with Gasteiger partial charge in [-0.05, 0) is 43.4 Å². The van der Waals surface area contributed by atoms with E-state index in [4.69, 9.17) is 8.85 Å². The average molecular weight is 301 g/mol. The van der Waals surface area contributed by atoms with E-state index in [0.29, 0.717) is 25.2 Å². The molecule has 0 aliphatic rings. The summed E-state index contributed by atoms with van der Waals surface area (Å²) in [5.74, 6) is -1.00. The van der Waals surface area contributed by atoms with E-state index in [2.05, 4.69) is 13.8 Å². The molecule has 20 heavy (non-hydrogen) atoms. The van der Waals surface area contributed by atoms with E-state index in [9.17, 15) is 8.78 Å². The van der Waals surface area contributed by atoms with E-state index in [0.717, 1.165) is 31.4 Å². The van der Waals surface area contributed by atoms with Crippen LogP contribution in [0.1, 0.15) is 38.7 Å². The lowest BCUT2D eigenvalue weighted by Gasteiger charge is -2.14. The van der Waals surface area contributed by atoms with Crippen molar-refractivity contribution in [3.8, 4) is 0 Å². The van der Waals surface area contributed by atoms with Crippen molar-refractivity contribution >= 4 is 9.28 Å². The molecule has 1 aromatic rings. The fraction of sp³-hybridized carbons (Fsp3) is 0.600. The molecule has 0 amide bonds. The van der Waals surface area contributed by atoms with Crippen LogP contribution in [0.5, 0.6) is 0 Å². The molecular formula is C15H23F2O2Si. The first-order valence-electron chi connectivity index (χ1n) is 7.22. The number of benzene rings is 1. The van der Waals surface area contributed by atoms with Crippen molar-refractivity contribution in [2.45, 2.75) is 45.6 Å². The molecule has 1 rings (SSSR count). The molecule has 0 unspecified atom stereocenters. The van der Waals surface area contributed by atoms with Gasteiger partial charge in [-0.1, -0.05) is 19.9 Å². The van der Waals surface area contributed by atoms with Crippen molar-refractivity contribution < 1.29 is 17.6 Å². The van der Waals surface area contributed by atoms with Crippen LogP contribution in [-0.2, 0) is 15.3 Å². The Morgan fingerprint density at radius 2 is 1.70 bits per heavy atom. The Morgan fingerprint density at radius 3 is 2.25 bits per heavy atom. The molecule has 0 fully saturated rings. The van der Waals surface area contributed by atoms with Crippen molar-refractivity contribution in [1.82, 2.24) is 0 Å². The summed E-state index contributed by atoms with van der Waals surface area (Å²) in [4.78, 5) is 0. The lowest BCUT2D eigenvalue weighted by atomic mass is 10.1. The zero-order chi connectivity index (χ0) is 14.8. The molecule has 0 bridgehead atoms. The van der Waals surface area contributed by atoms with Gasteiger partial charge in [0, 0.05) is 19.3 Å². The van der Waals surface area contributed by atoms with E-state index in [-0.39, 0.29) is 0 Å². The highest BCUT2D eigenvalue weighted by Crippen LogP contribution is 2.14. The molecule has 0 saturated carbocycles. The molecular weight excluding hydrogens is 278 g/mol. The van der Waals surface area contributed by atoms with Gasteiger partial charge in [0.25, 0.3) is 0 Å². The highest BCUT2D eigenvalue weighted by molar-refractivity contribution is 6.44. The quantitative estimate of drug-likeness (QED) is 0.602. The Morgan fingerprint density at radius 1 is 1.05 bits per heavy atom. The second kappa shape index (κ2) is 10.0. The highest BCUT2D eigenvalue weighted by Gasteiger charge is 2.15. The van der Waals surface area contributed by atoms with Crippen molar-refractivity contribution in [2.75, 3.05) is 13.2 Å². The molecule has 1 radical (unpaired) electrons. The second-order valence-electron chi connectivity index (χ2n) is 4.66. The van der Waals surface area contributed by atoms with Gasteiger partial charge in [-0.2, -0.15) is 0 Å². The Balaban J connectivity index is 2.38. The number of hydrogen-bond donors (Lipinski definition) is 0. The molecule has 113 valence electrons. The Hall–Kier alpha value is -0.783. The summed E-state index contributed by atoms with van der Waals surface area (Å²) >= 11 is 0. The zero-order valence-electron chi connectivity index (χ0n) is 12.3. The first-order valence-corrected chi connectivity index (χ1v) is 8.75. The van der Waals surface area contributed by atoms with Gasteiger partial charge in [0.15, 0.2) is 0 Å². The number of aryl methyl sites for hydroxylation is 1. The maximum Gasteiger partial charge on any atom is 0.384 e. The maximum atomic E-state index is 13.5. The molecule has 0 atom stereocenters. The summed E-state index contributed by atoms with van der Waals surface area (Å²) in [6, 6.07) is 4.56. The van der Waals surface area contributed by atoms with Crippen molar-refractivity contribution in [3.63, 3.8) is 0 Å². The summed E-state index contributed by atoms with van der Waals surface area (Å²) in [5, 5.41) is 0. The SMILES string of the molecule is CCCO[Si](CCCc1ccc(F)cc1F)OCCC. The van der Waals surface area contributed by atoms with Gasteiger partial charge in [-0.3, -0.25) is 0 Å². The predicted molar refractivity (Wildman–Crippen MR) is 77.7 cm³/mol. The third-order valence-corrected chi connectivity index (χ3v) is 4.59. The largest absolute Gasteiger partial charge is 0.393 e. The molecule has 5 heteroatoms. The summed E-state index contributed by atoms with van der Waals surface area (Å²) in [7, 11) is -1.26. The molecule has 0 N–H and O–H groups in total. The van der Waals surface area contributed by atoms with Crippen LogP contribution in [0.2, 0.25) is 6.04 Å². The number of rotatable bonds is 10. The van der Waals surface area contributed by atoms with E-state index in [1.165, 1.54) is 12.1 Å². The van der Waals surface area contributed by atoms with Crippen LogP contribution < -0.4 is 0 Å². The maximum absolute atomic E-state index is 13.5. The van der Waals surface area contributed by atoms with Crippen LogP contribution in [0.25, 0.3) is 0 Å². The summed E-state index contributed by atoms with van der Waals surface area (Å²) in [6.45, 7) is 5.55. The minimum Gasteiger partial charge on any atom is -0.393 e. The average Bonchev–Trinajstić information content (AvgIpc) is 2.43. The van der Waals surface area contributed by atoms with E-state index in [1.807, 2.05) is 0 Å². The Labute approximate surface area is 121 Å². The first-order chi connectivity index (χ1) is 9.67. The van der Waals surface area contributed by atoms with Crippen LogP contribution in [0, 0.1) is 11.6 Å². The summed E-state index contributed by atoms with van der Waals surface area (Å²) < 4.78 is 37.7. The first kappa shape index (κ1) is 17.3. The monoisotopic (exact) mass is 301 g/mol. The Kier molecular flexibility index (Phi) is 8.65. The smallest absolute Gasteiger partial charge is 0.384 e. The molecule has 2 nitrogen and oxygen atoms in total. The molecule has 0 aromatic heterocycles. The summed E-state index contributed by atoms with van der Waals surface area (Å²) in [6.07, 6.45) is 3.32. The summed E-state index contributed by atoms with van der Waals surface area (Å²) in [5.41, 5.74) is 0.554. The van der Waals surface area contributed by atoms with E-state index < -0.39 is 20.9 Å². The van der Waals surface area contributed by atoms with Gasteiger partial charge in [0.1, 0.15) is 11.6 Å². The predicted octanol–water partition coefficient (Wildman–Crippen LogP) is 4.24. The highest BCUT2D eigenvalue weighted by atomic mass is 28.3. The Bertz CT molecular complexity index is 380. The van der Waals surface area contributed by atoms with Gasteiger partial charge in [-0.25, -0.2) is 8.78 Å². The second-order valence-corrected chi connectivity index (χ2v) is 6.48. The van der Waals surface area contributed by atoms with Crippen molar-refractivity contribution in [3.05, 3.63) is 35.4 Å². The van der Waals surface area contributed by atoms with Gasteiger partial charge >= 0.3 is 9.28 Å². The minimum absolute atomic E-state index is 0.470. The normalized spacial score (nSPS) is 11.2. The molecule has 0 saturated heterocycles. The van der Waals surface area contributed by atoms with Crippen LogP contribution in [0.4, 0.5) is 8.78 Å². The van der Waals surface area contributed by atoms with Crippen LogP contribution in [0.15, 0.2) is 18.2 Å². The van der Waals surface area contributed by atoms with Gasteiger partial charge in [0.2, 0.25) is 0 Å². The molecule has 0 heterocycles.